The number of aliphatic carboxylic acids is 1. The number of carboxylic acids is 1. The lowest BCUT2D eigenvalue weighted by atomic mass is 9.88. The molecule has 5 heteroatoms. The topological polar surface area (TPSA) is 60.9 Å². The minimum atomic E-state index is -0.746. The summed E-state index contributed by atoms with van der Waals surface area (Å²) in [7, 11) is 0. The lowest BCUT2D eigenvalue weighted by molar-refractivity contribution is -0.138. The highest BCUT2D eigenvalue weighted by Crippen LogP contribution is 2.25. The fourth-order valence-corrected chi connectivity index (χ4v) is 3.28. The van der Waals surface area contributed by atoms with E-state index in [1.807, 2.05) is 4.90 Å². The summed E-state index contributed by atoms with van der Waals surface area (Å²) >= 11 is 0. The highest BCUT2D eigenvalue weighted by atomic mass is 16.4. The van der Waals surface area contributed by atoms with Gasteiger partial charge in [0.2, 0.25) is 5.91 Å². The molecule has 0 spiro atoms. The van der Waals surface area contributed by atoms with Gasteiger partial charge in [0.05, 0.1) is 6.42 Å². The molecule has 2 fully saturated rings. The van der Waals surface area contributed by atoms with E-state index in [4.69, 9.17) is 5.11 Å². The third kappa shape index (κ3) is 4.47. The summed E-state index contributed by atoms with van der Waals surface area (Å²) in [5.74, 6) is -0.163. The summed E-state index contributed by atoms with van der Waals surface area (Å²) in [6, 6.07) is 0. The second-order valence-electron chi connectivity index (χ2n) is 6.00. The van der Waals surface area contributed by atoms with Gasteiger partial charge in [0.25, 0.3) is 0 Å². The zero-order chi connectivity index (χ0) is 14.4. The predicted molar refractivity (Wildman–Crippen MR) is 76.5 cm³/mol. The minimum Gasteiger partial charge on any atom is -0.481 e. The van der Waals surface area contributed by atoms with Crippen LogP contribution in [0.15, 0.2) is 0 Å². The molecule has 5 nitrogen and oxygen atoms in total. The Balaban J connectivity index is 1.79. The van der Waals surface area contributed by atoms with Gasteiger partial charge in [-0.05, 0) is 25.8 Å². The van der Waals surface area contributed by atoms with Crippen LogP contribution in [0.25, 0.3) is 0 Å². The normalized spacial score (nSPS) is 22.5. The SMILES string of the molecule is O=C(O)CCN1CCCN(C(=O)C2CCCCC2)CC1. The van der Waals surface area contributed by atoms with Crippen LogP contribution in [0.1, 0.15) is 44.9 Å². The van der Waals surface area contributed by atoms with E-state index in [-0.39, 0.29) is 12.3 Å². The molecule has 0 aromatic heterocycles. The number of carboxylic acid groups (broad SMARTS) is 1. The number of hydrogen-bond acceptors (Lipinski definition) is 3. The fraction of sp³-hybridized carbons (Fsp3) is 0.867. The van der Waals surface area contributed by atoms with Gasteiger partial charge in [0, 0.05) is 32.1 Å². The van der Waals surface area contributed by atoms with Crippen molar-refractivity contribution in [2.45, 2.75) is 44.9 Å². The lowest BCUT2D eigenvalue weighted by Gasteiger charge is -2.28. The summed E-state index contributed by atoms with van der Waals surface area (Å²) in [5, 5.41) is 8.73. The van der Waals surface area contributed by atoms with E-state index in [0.717, 1.165) is 45.4 Å². The van der Waals surface area contributed by atoms with Crippen molar-refractivity contribution in [3.63, 3.8) is 0 Å². The van der Waals surface area contributed by atoms with Gasteiger partial charge in [-0.3, -0.25) is 9.59 Å². The third-order valence-corrected chi connectivity index (χ3v) is 4.50. The molecule has 1 aliphatic carbocycles. The summed E-state index contributed by atoms with van der Waals surface area (Å²) in [6.45, 7) is 3.90. The first kappa shape index (κ1) is 15.3. The Labute approximate surface area is 120 Å². The zero-order valence-electron chi connectivity index (χ0n) is 12.2. The molecule has 0 atom stereocenters. The number of carbonyl (C=O) groups is 2. The molecule has 1 amide bonds. The van der Waals surface area contributed by atoms with Crippen LogP contribution in [-0.4, -0.2) is 59.5 Å². The molecule has 2 aliphatic rings. The molecular formula is C15H26N2O3. The summed E-state index contributed by atoms with van der Waals surface area (Å²) in [5.41, 5.74) is 0. The van der Waals surface area contributed by atoms with Crippen LogP contribution in [-0.2, 0) is 9.59 Å². The van der Waals surface area contributed by atoms with Crippen molar-refractivity contribution in [1.82, 2.24) is 9.80 Å². The number of rotatable bonds is 4. The lowest BCUT2D eigenvalue weighted by Crippen LogP contribution is -2.39. The van der Waals surface area contributed by atoms with E-state index in [1.165, 1.54) is 19.3 Å². The van der Waals surface area contributed by atoms with Crippen LogP contribution in [0.5, 0.6) is 0 Å². The molecule has 0 aromatic carbocycles. The van der Waals surface area contributed by atoms with Gasteiger partial charge in [-0.25, -0.2) is 0 Å². The van der Waals surface area contributed by atoms with Crippen LogP contribution in [0.4, 0.5) is 0 Å². The Morgan fingerprint density at radius 2 is 1.70 bits per heavy atom. The third-order valence-electron chi connectivity index (χ3n) is 4.50. The fourth-order valence-electron chi connectivity index (χ4n) is 3.28. The second-order valence-corrected chi connectivity index (χ2v) is 6.00. The maximum Gasteiger partial charge on any atom is 0.304 e. The summed E-state index contributed by atoms with van der Waals surface area (Å²) in [4.78, 5) is 27.3. The van der Waals surface area contributed by atoms with E-state index >= 15 is 0 Å². The number of nitrogens with zero attached hydrogens (tertiary/aromatic N) is 2. The standard InChI is InChI=1S/C15H26N2O3/c18-14(19)7-10-16-8-4-9-17(12-11-16)15(20)13-5-2-1-3-6-13/h13H,1-12H2,(H,18,19). The number of amides is 1. The Bertz CT molecular complexity index is 340. The first-order chi connectivity index (χ1) is 9.66. The van der Waals surface area contributed by atoms with Gasteiger partial charge in [0.15, 0.2) is 0 Å². The van der Waals surface area contributed by atoms with Crippen molar-refractivity contribution in [2.24, 2.45) is 5.92 Å². The molecule has 1 saturated heterocycles. The molecular weight excluding hydrogens is 256 g/mol. The Morgan fingerprint density at radius 1 is 0.950 bits per heavy atom. The average molecular weight is 282 g/mol. The van der Waals surface area contributed by atoms with E-state index in [9.17, 15) is 9.59 Å². The first-order valence-electron chi connectivity index (χ1n) is 7.90. The van der Waals surface area contributed by atoms with Gasteiger partial charge >= 0.3 is 5.97 Å². The maximum absolute atomic E-state index is 12.5. The van der Waals surface area contributed by atoms with Crippen LogP contribution in [0, 0.1) is 5.92 Å². The predicted octanol–water partition coefficient (Wildman–Crippen LogP) is 1.58. The van der Waals surface area contributed by atoms with Crippen molar-refractivity contribution >= 4 is 11.9 Å². The molecule has 0 aromatic rings. The van der Waals surface area contributed by atoms with Gasteiger partial charge in [0.1, 0.15) is 0 Å². The van der Waals surface area contributed by atoms with Gasteiger partial charge in [-0.1, -0.05) is 19.3 Å². The van der Waals surface area contributed by atoms with Gasteiger partial charge < -0.3 is 14.9 Å². The summed E-state index contributed by atoms with van der Waals surface area (Å²) in [6.07, 6.45) is 6.90. The molecule has 1 N–H and O–H groups in total. The van der Waals surface area contributed by atoms with Crippen LogP contribution in [0.2, 0.25) is 0 Å². The first-order valence-corrected chi connectivity index (χ1v) is 7.90. The smallest absolute Gasteiger partial charge is 0.304 e. The van der Waals surface area contributed by atoms with Gasteiger partial charge in [-0.15, -0.1) is 0 Å². The molecule has 0 radical (unpaired) electrons. The molecule has 0 unspecified atom stereocenters. The van der Waals surface area contributed by atoms with E-state index in [1.54, 1.807) is 0 Å². The van der Waals surface area contributed by atoms with Crippen molar-refractivity contribution in [2.75, 3.05) is 32.7 Å². The van der Waals surface area contributed by atoms with Crippen LogP contribution in [0.3, 0.4) is 0 Å². The summed E-state index contributed by atoms with van der Waals surface area (Å²) < 4.78 is 0. The van der Waals surface area contributed by atoms with E-state index in [0.29, 0.717) is 12.5 Å². The maximum atomic E-state index is 12.5. The number of hydrogen-bond donors (Lipinski definition) is 1. The minimum absolute atomic E-state index is 0.191. The van der Waals surface area contributed by atoms with E-state index in [2.05, 4.69) is 4.90 Å². The van der Waals surface area contributed by atoms with Crippen LogP contribution >= 0.6 is 0 Å². The average Bonchev–Trinajstić information content (AvgIpc) is 2.71. The van der Waals surface area contributed by atoms with Gasteiger partial charge in [-0.2, -0.15) is 0 Å². The van der Waals surface area contributed by atoms with Crippen LogP contribution < -0.4 is 0 Å². The molecule has 114 valence electrons. The van der Waals surface area contributed by atoms with Crippen molar-refractivity contribution in [3.05, 3.63) is 0 Å². The Kier molecular flexibility index (Phi) is 5.83. The monoisotopic (exact) mass is 282 g/mol. The largest absolute Gasteiger partial charge is 0.481 e. The molecule has 1 aliphatic heterocycles. The van der Waals surface area contributed by atoms with Crippen molar-refractivity contribution < 1.29 is 14.7 Å². The molecule has 1 heterocycles. The molecule has 0 bridgehead atoms. The second kappa shape index (κ2) is 7.62. The molecule has 2 rings (SSSR count). The molecule has 20 heavy (non-hydrogen) atoms. The Morgan fingerprint density at radius 3 is 2.40 bits per heavy atom. The number of carbonyl (C=O) groups excluding carboxylic acids is 1. The van der Waals surface area contributed by atoms with Crippen molar-refractivity contribution in [3.8, 4) is 0 Å². The highest BCUT2D eigenvalue weighted by molar-refractivity contribution is 5.79. The Hall–Kier alpha value is -1.10. The molecule has 1 saturated carbocycles. The quantitative estimate of drug-likeness (QED) is 0.850. The van der Waals surface area contributed by atoms with Crippen molar-refractivity contribution in [1.29, 1.82) is 0 Å². The highest BCUT2D eigenvalue weighted by Gasteiger charge is 2.27. The van der Waals surface area contributed by atoms with E-state index < -0.39 is 5.97 Å². The zero-order valence-corrected chi connectivity index (χ0v) is 12.2.